The molecule has 0 aliphatic rings. The number of likely N-dealkylation sites (N-methyl/N-ethyl adjacent to an activating group) is 1. The highest BCUT2D eigenvalue weighted by atomic mass is 32.2. The number of rotatable bonds is 7. The molecule has 0 aromatic heterocycles. The fourth-order valence-corrected chi connectivity index (χ4v) is 3.21. The molecule has 8 nitrogen and oxygen atoms in total. The number of hydrogen-bond acceptors (Lipinski definition) is 6. The van der Waals surface area contributed by atoms with E-state index in [1.54, 1.807) is 30.3 Å². The van der Waals surface area contributed by atoms with E-state index in [2.05, 4.69) is 4.72 Å². The van der Waals surface area contributed by atoms with Crippen LogP contribution in [0.3, 0.4) is 0 Å². The van der Waals surface area contributed by atoms with Gasteiger partial charge in [0.05, 0.1) is 16.5 Å². The Morgan fingerprint density at radius 2 is 1.71 bits per heavy atom. The van der Waals surface area contributed by atoms with E-state index in [-0.39, 0.29) is 4.90 Å². The quantitative estimate of drug-likeness (QED) is 0.697. The minimum Gasteiger partial charge on any atom is -0.446 e. The zero-order valence-corrected chi connectivity index (χ0v) is 16.1. The number of nitrogens with one attached hydrogen (secondary N) is 1. The van der Waals surface area contributed by atoms with Crippen LogP contribution in [-0.2, 0) is 24.3 Å². The summed E-state index contributed by atoms with van der Waals surface area (Å²) in [6.45, 7) is -0.646. The second-order valence-electron chi connectivity index (χ2n) is 5.97. The summed E-state index contributed by atoms with van der Waals surface area (Å²) in [5.41, 5.74) is 0.788. The number of nitriles is 1. The second-order valence-corrected chi connectivity index (χ2v) is 7.74. The van der Waals surface area contributed by atoms with E-state index in [9.17, 15) is 18.0 Å². The van der Waals surface area contributed by atoms with E-state index in [1.807, 2.05) is 6.07 Å². The first kappa shape index (κ1) is 21.1. The van der Waals surface area contributed by atoms with Crippen molar-refractivity contribution in [1.29, 1.82) is 5.26 Å². The molecule has 0 fully saturated rings. The molecule has 0 saturated heterocycles. The van der Waals surface area contributed by atoms with Crippen molar-refractivity contribution in [3.05, 3.63) is 65.7 Å². The van der Waals surface area contributed by atoms with E-state index in [0.29, 0.717) is 11.1 Å². The van der Waals surface area contributed by atoms with Crippen LogP contribution >= 0.6 is 0 Å². The summed E-state index contributed by atoms with van der Waals surface area (Å²) in [4.78, 5) is 25.7. The Labute approximate surface area is 163 Å². The Bertz CT molecular complexity index is 980. The second kappa shape index (κ2) is 9.12. The van der Waals surface area contributed by atoms with Gasteiger partial charge in [-0.05, 0) is 24.3 Å². The molecule has 146 valence electrons. The van der Waals surface area contributed by atoms with Gasteiger partial charge in [0.1, 0.15) is 6.54 Å². The lowest BCUT2D eigenvalue weighted by Gasteiger charge is -2.21. The van der Waals surface area contributed by atoms with Crippen molar-refractivity contribution in [1.82, 2.24) is 9.62 Å². The molecule has 0 heterocycles. The number of benzene rings is 2. The number of amides is 1. The summed E-state index contributed by atoms with van der Waals surface area (Å²) in [6.07, 6.45) is -1.18. The van der Waals surface area contributed by atoms with E-state index < -0.39 is 34.5 Å². The van der Waals surface area contributed by atoms with Gasteiger partial charge in [-0.1, -0.05) is 30.3 Å². The molecule has 0 aliphatic heterocycles. The first-order chi connectivity index (χ1) is 13.2. The molecule has 0 spiro atoms. The van der Waals surface area contributed by atoms with Crippen molar-refractivity contribution >= 4 is 21.9 Å². The Kier molecular flexibility index (Phi) is 6.87. The van der Waals surface area contributed by atoms with Crippen LogP contribution in [0.25, 0.3) is 0 Å². The third-order valence-electron chi connectivity index (χ3n) is 3.72. The highest BCUT2D eigenvalue weighted by Crippen LogP contribution is 2.19. The molecular formula is C19H19N3O5S. The van der Waals surface area contributed by atoms with E-state index in [4.69, 9.17) is 10.00 Å². The van der Waals surface area contributed by atoms with Gasteiger partial charge < -0.3 is 9.64 Å². The molecule has 0 saturated carbocycles. The average Bonchev–Trinajstić information content (AvgIpc) is 2.70. The summed E-state index contributed by atoms with van der Waals surface area (Å²) < 4.78 is 31.9. The lowest BCUT2D eigenvalue weighted by atomic mass is 10.1. The smallest absolute Gasteiger partial charge is 0.322 e. The SMILES string of the molecule is CN(C)C(=O)[C@@H](OC(=O)CNS(=O)(=O)c1ccc(C#N)cc1)c1ccccc1. The van der Waals surface area contributed by atoms with Crippen LogP contribution in [0.15, 0.2) is 59.5 Å². The van der Waals surface area contributed by atoms with Crippen molar-refractivity contribution in [2.75, 3.05) is 20.6 Å². The average molecular weight is 401 g/mol. The van der Waals surface area contributed by atoms with Gasteiger partial charge in [-0.15, -0.1) is 0 Å². The molecular weight excluding hydrogens is 382 g/mol. The number of esters is 1. The number of nitrogens with zero attached hydrogens (tertiary/aromatic N) is 2. The molecule has 1 N–H and O–H groups in total. The Balaban J connectivity index is 2.08. The van der Waals surface area contributed by atoms with Gasteiger partial charge in [-0.2, -0.15) is 9.98 Å². The fraction of sp³-hybridized carbons (Fsp3) is 0.211. The predicted octanol–water partition coefficient (Wildman–Crippen LogP) is 1.21. The summed E-state index contributed by atoms with van der Waals surface area (Å²) in [5.74, 6) is -1.35. The van der Waals surface area contributed by atoms with Crippen LogP contribution in [0.4, 0.5) is 0 Å². The maximum atomic E-state index is 12.3. The summed E-state index contributed by atoms with van der Waals surface area (Å²) >= 11 is 0. The zero-order valence-electron chi connectivity index (χ0n) is 15.3. The van der Waals surface area contributed by atoms with Crippen molar-refractivity contribution in [2.24, 2.45) is 0 Å². The van der Waals surface area contributed by atoms with Crippen LogP contribution in [-0.4, -0.2) is 45.8 Å². The topological polar surface area (TPSA) is 117 Å². The normalized spacial score (nSPS) is 11.9. The first-order valence-corrected chi connectivity index (χ1v) is 9.68. The van der Waals surface area contributed by atoms with E-state index in [1.165, 1.54) is 43.3 Å². The monoisotopic (exact) mass is 401 g/mol. The van der Waals surface area contributed by atoms with Crippen LogP contribution in [0, 0.1) is 11.3 Å². The van der Waals surface area contributed by atoms with Gasteiger partial charge in [0, 0.05) is 19.7 Å². The maximum absolute atomic E-state index is 12.3. The van der Waals surface area contributed by atoms with Gasteiger partial charge >= 0.3 is 5.97 Å². The molecule has 0 bridgehead atoms. The number of carbonyl (C=O) groups is 2. The van der Waals surface area contributed by atoms with Crippen LogP contribution in [0.5, 0.6) is 0 Å². The molecule has 9 heteroatoms. The van der Waals surface area contributed by atoms with E-state index in [0.717, 1.165) is 0 Å². The lowest BCUT2D eigenvalue weighted by Crippen LogP contribution is -2.35. The van der Waals surface area contributed by atoms with Crippen molar-refractivity contribution in [3.63, 3.8) is 0 Å². The summed E-state index contributed by atoms with van der Waals surface area (Å²) in [5, 5.41) is 8.76. The molecule has 2 aromatic rings. The van der Waals surface area contributed by atoms with Crippen LogP contribution < -0.4 is 4.72 Å². The molecule has 0 unspecified atom stereocenters. The van der Waals surface area contributed by atoms with Gasteiger partial charge in [0.2, 0.25) is 16.1 Å². The standard InChI is InChI=1S/C19H19N3O5S/c1-22(2)19(24)18(15-6-4-3-5-7-15)27-17(23)13-21-28(25,26)16-10-8-14(12-20)9-11-16/h3-11,18,21H,13H2,1-2H3/t18-/m0/s1. The van der Waals surface area contributed by atoms with Gasteiger partial charge in [-0.25, -0.2) is 8.42 Å². The molecule has 0 aliphatic carbocycles. The van der Waals surface area contributed by atoms with Crippen molar-refractivity contribution in [3.8, 4) is 6.07 Å². The van der Waals surface area contributed by atoms with Crippen molar-refractivity contribution < 1.29 is 22.7 Å². The number of carbonyl (C=O) groups excluding carboxylic acids is 2. The maximum Gasteiger partial charge on any atom is 0.322 e. The lowest BCUT2D eigenvalue weighted by molar-refractivity contribution is -0.158. The van der Waals surface area contributed by atoms with Crippen LogP contribution in [0.2, 0.25) is 0 Å². The first-order valence-electron chi connectivity index (χ1n) is 8.20. The number of sulfonamides is 1. The Morgan fingerprint density at radius 1 is 1.11 bits per heavy atom. The third kappa shape index (κ3) is 5.39. The fourth-order valence-electron chi connectivity index (χ4n) is 2.24. The zero-order chi connectivity index (χ0) is 20.7. The van der Waals surface area contributed by atoms with Crippen LogP contribution in [0.1, 0.15) is 17.2 Å². The number of ether oxygens (including phenoxy) is 1. The minimum absolute atomic E-state index is 0.0942. The highest BCUT2D eigenvalue weighted by molar-refractivity contribution is 7.89. The molecule has 0 radical (unpaired) electrons. The minimum atomic E-state index is -3.97. The van der Waals surface area contributed by atoms with Crippen molar-refractivity contribution in [2.45, 2.75) is 11.0 Å². The Morgan fingerprint density at radius 3 is 2.25 bits per heavy atom. The summed E-state index contributed by atoms with van der Waals surface area (Å²) in [7, 11) is -0.918. The largest absolute Gasteiger partial charge is 0.446 e. The molecule has 1 amide bonds. The van der Waals surface area contributed by atoms with Gasteiger partial charge in [-0.3, -0.25) is 9.59 Å². The van der Waals surface area contributed by atoms with E-state index >= 15 is 0 Å². The van der Waals surface area contributed by atoms with Gasteiger partial charge in [0.25, 0.3) is 5.91 Å². The molecule has 28 heavy (non-hydrogen) atoms. The highest BCUT2D eigenvalue weighted by Gasteiger charge is 2.27. The Hall–Kier alpha value is -3.22. The van der Waals surface area contributed by atoms with Gasteiger partial charge in [0.15, 0.2) is 0 Å². The third-order valence-corrected chi connectivity index (χ3v) is 5.13. The predicted molar refractivity (Wildman–Crippen MR) is 100 cm³/mol. The molecule has 1 atom stereocenters. The number of hydrogen-bond donors (Lipinski definition) is 1. The molecule has 2 aromatic carbocycles. The summed E-state index contributed by atoms with van der Waals surface area (Å²) in [6, 6.07) is 15.6. The molecule has 2 rings (SSSR count).